The minimum atomic E-state index is 0.244. The molecule has 3 nitrogen and oxygen atoms in total. The van der Waals surface area contributed by atoms with E-state index in [2.05, 4.69) is 4.90 Å². The second-order valence-corrected chi connectivity index (χ2v) is 2.44. The number of hydrogen-bond acceptors (Lipinski definition) is 3. The summed E-state index contributed by atoms with van der Waals surface area (Å²) in [5.41, 5.74) is 5.36. The maximum Gasteiger partial charge on any atom is 0.124 e. The molecule has 0 saturated carbocycles. The van der Waals surface area contributed by atoms with E-state index in [1.54, 1.807) is 0 Å². The zero-order chi connectivity index (χ0) is 6.69. The average molecular weight is 128 g/mol. The van der Waals surface area contributed by atoms with Crippen LogP contribution in [-0.4, -0.2) is 30.9 Å². The van der Waals surface area contributed by atoms with Crippen LogP contribution in [0.4, 0.5) is 0 Å². The second kappa shape index (κ2) is 2.94. The Kier molecular flexibility index (Phi) is 2.19. The molecule has 3 heteroatoms. The zero-order valence-electron chi connectivity index (χ0n) is 5.42. The van der Waals surface area contributed by atoms with Crippen molar-refractivity contribution in [2.24, 2.45) is 11.7 Å². The van der Waals surface area contributed by atoms with E-state index in [1.807, 2.05) is 0 Å². The third kappa shape index (κ3) is 1.50. The van der Waals surface area contributed by atoms with Gasteiger partial charge in [-0.2, -0.15) is 0 Å². The summed E-state index contributed by atoms with van der Waals surface area (Å²) in [5, 5.41) is 0. The molecule has 0 bridgehead atoms. The number of nitrogens with zero attached hydrogens (tertiary/aromatic N) is 1. The number of rotatable bonds is 2. The summed E-state index contributed by atoms with van der Waals surface area (Å²) >= 11 is 0. The lowest BCUT2D eigenvalue weighted by Crippen LogP contribution is -2.27. The first kappa shape index (κ1) is 6.71. The number of carbonyl (C=O) groups is 1. The number of carbonyl (C=O) groups excluding carboxylic acids is 1. The first-order valence-corrected chi connectivity index (χ1v) is 3.24. The highest BCUT2D eigenvalue weighted by Crippen LogP contribution is 2.11. The monoisotopic (exact) mass is 128 g/mol. The Labute approximate surface area is 54.8 Å². The minimum absolute atomic E-state index is 0.244. The lowest BCUT2D eigenvalue weighted by atomic mass is 10.1. The molecule has 0 aromatic carbocycles. The van der Waals surface area contributed by atoms with Crippen LogP contribution in [0.25, 0.3) is 0 Å². The van der Waals surface area contributed by atoms with Crippen molar-refractivity contribution in [2.45, 2.75) is 6.42 Å². The summed E-state index contributed by atoms with van der Waals surface area (Å²) in [6, 6.07) is 0. The molecule has 0 spiro atoms. The lowest BCUT2D eigenvalue weighted by molar-refractivity contribution is -0.110. The van der Waals surface area contributed by atoms with Gasteiger partial charge < -0.3 is 10.5 Å². The Morgan fingerprint density at radius 1 is 1.78 bits per heavy atom. The average Bonchev–Trinajstić information content (AvgIpc) is 2.34. The summed E-state index contributed by atoms with van der Waals surface area (Å²) in [7, 11) is 0. The SMILES string of the molecule is NCN1CCC(C=O)C1. The Balaban J connectivity index is 2.28. The summed E-state index contributed by atoms with van der Waals surface area (Å²) in [6.45, 7) is 2.43. The number of likely N-dealkylation sites (tertiary alicyclic amines) is 1. The lowest BCUT2D eigenvalue weighted by Gasteiger charge is -2.09. The fraction of sp³-hybridized carbons (Fsp3) is 0.833. The minimum Gasteiger partial charge on any atom is -0.318 e. The van der Waals surface area contributed by atoms with E-state index < -0.39 is 0 Å². The molecule has 2 N–H and O–H groups in total. The Morgan fingerprint density at radius 2 is 2.56 bits per heavy atom. The summed E-state index contributed by atoms with van der Waals surface area (Å²) in [5.74, 6) is 0.244. The Bertz CT molecular complexity index is 105. The van der Waals surface area contributed by atoms with Gasteiger partial charge in [0, 0.05) is 25.7 Å². The van der Waals surface area contributed by atoms with Gasteiger partial charge >= 0.3 is 0 Å². The van der Waals surface area contributed by atoms with Gasteiger partial charge in [-0.3, -0.25) is 4.90 Å². The zero-order valence-corrected chi connectivity index (χ0v) is 5.42. The van der Waals surface area contributed by atoms with Crippen LogP contribution < -0.4 is 5.73 Å². The first-order chi connectivity index (χ1) is 4.36. The molecule has 0 radical (unpaired) electrons. The van der Waals surface area contributed by atoms with Crippen LogP contribution in [0.1, 0.15) is 6.42 Å². The van der Waals surface area contributed by atoms with Crippen molar-refractivity contribution in [3.8, 4) is 0 Å². The van der Waals surface area contributed by atoms with Crippen LogP contribution >= 0.6 is 0 Å². The van der Waals surface area contributed by atoms with E-state index in [-0.39, 0.29) is 5.92 Å². The van der Waals surface area contributed by atoms with Gasteiger partial charge in [0.05, 0.1) is 0 Å². The highest BCUT2D eigenvalue weighted by Gasteiger charge is 2.19. The van der Waals surface area contributed by atoms with Gasteiger partial charge in [-0.25, -0.2) is 0 Å². The normalized spacial score (nSPS) is 28.8. The molecule has 9 heavy (non-hydrogen) atoms. The first-order valence-electron chi connectivity index (χ1n) is 3.24. The Hall–Kier alpha value is -0.410. The molecule has 1 unspecified atom stereocenters. The van der Waals surface area contributed by atoms with Crippen molar-refractivity contribution < 1.29 is 4.79 Å². The maximum absolute atomic E-state index is 10.2. The maximum atomic E-state index is 10.2. The van der Waals surface area contributed by atoms with E-state index in [4.69, 9.17) is 5.73 Å². The smallest absolute Gasteiger partial charge is 0.124 e. The van der Waals surface area contributed by atoms with E-state index in [0.717, 1.165) is 25.8 Å². The van der Waals surface area contributed by atoms with E-state index >= 15 is 0 Å². The molecule has 1 heterocycles. The highest BCUT2D eigenvalue weighted by molar-refractivity contribution is 5.54. The van der Waals surface area contributed by atoms with Crippen molar-refractivity contribution in [1.29, 1.82) is 0 Å². The van der Waals surface area contributed by atoms with Gasteiger partial charge in [-0.15, -0.1) is 0 Å². The van der Waals surface area contributed by atoms with Crippen molar-refractivity contribution in [2.75, 3.05) is 19.8 Å². The summed E-state index contributed by atoms with van der Waals surface area (Å²) in [4.78, 5) is 12.3. The van der Waals surface area contributed by atoms with Crippen LogP contribution in [0.15, 0.2) is 0 Å². The van der Waals surface area contributed by atoms with Crippen molar-refractivity contribution in [3.05, 3.63) is 0 Å². The molecular weight excluding hydrogens is 116 g/mol. The molecule has 52 valence electrons. The fourth-order valence-electron chi connectivity index (χ4n) is 1.14. The highest BCUT2D eigenvalue weighted by atomic mass is 16.1. The number of hydrogen-bond donors (Lipinski definition) is 1. The van der Waals surface area contributed by atoms with Crippen LogP contribution in [0, 0.1) is 5.92 Å². The van der Waals surface area contributed by atoms with Crippen molar-refractivity contribution in [1.82, 2.24) is 4.90 Å². The van der Waals surface area contributed by atoms with Crippen molar-refractivity contribution in [3.63, 3.8) is 0 Å². The molecule has 0 aromatic rings. The number of aldehydes is 1. The van der Waals surface area contributed by atoms with Gasteiger partial charge in [-0.1, -0.05) is 0 Å². The van der Waals surface area contributed by atoms with Crippen LogP contribution in [0.2, 0.25) is 0 Å². The van der Waals surface area contributed by atoms with E-state index in [9.17, 15) is 4.79 Å². The van der Waals surface area contributed by atoms with Gasteiger partial charge in [-0.05, 0) is 6.42 Å². The molecule has 1 fully saturated rings. The molecule has 1 aliphatic rings. The number of nitrogens with two attached hydrogens (primary N) is 1. The van der Waals surface area contributed by atoms with E-state index in [0.29, 0.717) is 6.67 Å². The molecule has 1 aliphatic heterocycles. The largest absolute Gasteiger partial charge is 0.318 e. The molecule has 0 amide bonds. The molecule has 1 rings (SSSR count). The molecule has 1 saturated heterocycles. The third-order valence-electron chi connectivity index (χ3n) is 1.76. The van der Waals surface area contributed by atoms with E-state index in [1.165, 1.54) is 0 Å². The standard InChI is InChI=1S/C6H12N2O/c7-5-8-2-1-6(3-8)4-9/h4,6H,1-3,5,7H2. The molecule has 1 atom stereocenters. The second-order valence-electron chi connectivity index (χ2n) is 2.44. The predicted octanol–water partition coefficient (Wildman–Crippen LogP) is -0.577. The predicted molar refractivity (Wildman–Crippen MR) is 34.8 cm³/mol. The third-order valence-corrected chi connectivity index (χ3v) is 1.76. The fourth-order valence-corrected chi connectivity index (χ4v) is 1.14. The van der Waals surface area contributed by atoms with Gasteiger partial charge in [0.1, 0.15) is 6.29 Å². The molecule has 0 aromatic heterocycles. The van der Waals surface area contributed by atoms with Crippen LogP contribution in [0.5, 0.6) is 0 Å². The van der Waals surface area contributed by atoms with Crippen LogP contribution in [0.3, 0.4) is 0 Å². The molecule has 0 aliphatic carbocycles. The van der Waals surface area contributed by atoms with Crippen molar-refractivity contribution >= 4 is 6.29 Å². The summed E-state index contributed by atoms with van der Waals surface area (Å²) < 4.78 is 0. The Morgan fingerprint density at radius 3 is 2.89 bits per heavy atom. The topological polar surface area (TPSA) is 46.3 Å². The van der Waals surface area contributed by atoms with Gasteiger partial charge in [0.2, 0.25) is 0 Å². The molecular formula is C6H12N2O. The van der Waals surface area contributed by atoms with Crippen LogP contribution in [-0.2, 0) is 4.79 Å². The quantitative estimate of drug-likeness (QED) is 0.506. The van der Waals surface area contributed by atoms with Gasteiger partial charge in [0.15, 0.2) is 0 Å². The summed E-state index contributed by atoms with van der Waals surface area (Å²) in [6.07, 6.45) is 2.01. The van der Waals surface area contributed by atoms with Gasteiger partial charge in [0.25, 0.3) is 0 Å².